The minimum atomic E-state index is -4.32. The number of pyridine rings is 1. The van der Waals surface area contributed by atoms with Gasteiger partial charge in [-0.05, 0) is 25.5 Å². The first kappa shape index (κ1) is 13.3. The maximum atomic E-state index is 12.3. The van der Waals surface area contributed by atoms with Crippen LogP contribution in [-0.4, -0.2) is 24.8 Å². The summed E-state index contributed by atoms with van der Waals surface area (Å²) in [5, 5.41) is 8.94. The molecule has 0 saturated carbocycles. The molecule has 0 aliphatic heterocycles. The van der Waals surface area contributed by atoms with E-state index in [9.17, 15) is 13.2 Å². The number of nitriles is 1. The summed E-state index contributed by atoms with van der Waals surface area (Å²) in [6.45, 7) is 2.23. The van der Waals surface area contributed by atoms with Gasteiger partial charge in [0.25, 0.3) is 0 Å². The lowest BCUT2D eigenvalue weighted by molar-refractivity contribution is -0.119. The van der Waals surface area contributed by atoms with Crippen LogP contribution >= 0.6 is 0 Å². The fourth-order valence-electron chi connectivity index (χ4n) is 1.58. The average Bonchev–Trinajstić information content (AvgIpc) is 2.13. The zero-order valence-electron chi connectivity index (χ0n) is 9.76. The van der Waals surface area contributed by atoms with Crippen LogP contribution in [0.5, 0.6) is 0 Å². The minimum absolute atomic E-state index is 0.0716. The molecule has 1 aromatic rings. The number of hydrogen-bond acceptors (Lipinski definition) is 3. The van der Waals surface area contributed by atoms with Gasteiger partial charge in [-0.1, -0.05) is 0 Å². The van der Waals surface area contributed by atoms with E-state index in [1.165, 1.54) is 7.05 Å². The first-order valence-corrected chi connectivity index (χ1v) is 4.91. The molecule has 17 heavy (non-hydrogen) atoms. The number of hydrogen-bond donors (Lipinski definition) is 0. The van der Waals surface area contributed by atoms with Gasteiger partial charge in [-0.2, -0.15) is 18.4 Å². The molecular formula is C11H12F3N3. The number of nitrogens with zero attached hydrogens (tertiary/aromatic N) is 3. The van der Waals surface area contributed by atoms with Gasteiger partial charge in [-0.15, -0.1) is 0 Å². The van der Waals surface area contributed by atoms with Gasteiger partial charge in [0.05, 0.1) is 5.56 Å². The molecule has 0 N–H and O–H groups in total. The largest absolute Gasteiger partial charge is 0.405 e. The van der Waals surface area contributed by atoms with Gasteiger partial charge in [0.1, 0.15) is 18.4 Å². The van der Waals surface area contributed by atoms with Crippen molar-refractivity contribution < 1.29 is 13.2 Å². The van der Waals surface area contributed by atoms with Crippen molar-refractivity contribution in [3.63, 3.8) is 0 Å². The molecule has 0 unspecified atom stereocenters. The van der Waals surface area contributed by atoms with E-state index in [1.54, 1.807) is 19.9 Å². The Morgan fingerprint density at radius 3 is 2.47 bits per heavy atom. The van der Waals surface area contributed by atoms with Gasteiger partial charge >= 0.3 is 6.18 Å². The van der Waals surface area contributed by atoms with E-state index in [2.05, 4.69) is 4.98 Å². The lowest BCUT2D eigenvalue weighted by Gasteiger charge is -2.21. The second kappa shape index (κ2) is 4.62. The fourth-order valence-corrected chi connectivity index (χ4v) is 1.58. The number of anilines is 1. The standard InChI is InChI=1S/C11H12F3N3/c1-7-4-8(2)16-10(9(7)5-15)17(3)6-11(12,13)14/h4H,6H2,1-3H3. The monoisotopic (exact) mass is 243 g/mol. The second-order valence-electron chi connectivity index (χ2n) is 3.86. The van der Waals surface area contributed by atoms with E-state index >= 15 is 0 Å². The lowest BCUT2D eigenvalue weighted by Crippen LogP contribution is -2.32. The molecule has 0 fully saturated rings. The molecular weight excluding hydrogens is 231 g/mol. The predicted octanol–water partition coefficient (Wildman–Crippen LogP) is 2.57. The van der Waals surface area contributed by atoms with Crippen LogP contribution in [0.3, 0.4) is 0 Å². The van der Waals surface area contributed by atoms with Crippen molar-refractivity contribution in [2.24, 2.45) is 0 Å². The number of aryl methyl sites for hydroxylation is 2. The van der Waals surface area contributed by atoms with Crippen LogP contribution in [-0.2, 0) is 0 Å². The van der Waals surface area contributed by atoms with E-state index in [4.69, 9.17) is 5.26 Å². The van der Waals surface area contributed by atoms with E-state index in [0.717, 1.165) is 4.90 Å². The Labute approximate surface area is 97.5 Å². The molecule has 92 valence electrons. The summed E-state index contributed by atoms with van der Waals surface area (Å²) in [6.07, 6.45) is -4.32. The van der Waals surface area contributed by atoms with Crippen molar-refractivity contribution in [2.75, 3.05) is 18.5 Å². The summed E-state index contributed by atoms with van der Waals surface area (Å²) < 4.78 is 36.8. The van der Waals surface area contributed by atoms with Crippen LogP contribution in [0.25, 0.3) is 0 Å². The quantitative estimate of drug-likeness (QED) is 0.801. The summed E-state index contributed by atoms with van der Waals surface area (Å²) in [5.41, 5.74) is 1.40. The minimum Gasteiger partial charge on any atom is -0.349 e. The van der Waals surface area contributed by atoms with Crippen LogP contribution in [0.15, 0.2) is 6.07 Å². The van der Waals surface area contributed by atoms with Crippen molar-refractivity contribution in [1.29, 1.82) is 5.26 Å². The molecule has 0 saturated heterocycles. The number of halogens is 3. The molecule has 0 aliphatic rings. The van der Waals surface area contributed by atoms with Gasteiger partial charge in [0.15, 0.2) is 0 Å². The van der Waals surface area contributed by atoms with Crippen molar-refractivity contribution in [3.05, 3.63) is 22.9 Å². The first-order valence-electron chi connectivity index (χ1n) is 4.91. The molecule has 0 aromatic carbocycles. The van der Waals surface area contributed by atoms with Gasteiger partial charge in [-0.25, -0.2) is 4.98 Å². The first-order chi connectivity index (χ1) is 7.74. The summed E-state index contributed by atoms with van der Waals surface area (Å²) in [6, 6.07) is 3.56. The lowest BCUT2D eigenvalue weighted by atomic mass is 10.1. The highest BCUT2D eigenvalue weighted by atomic mass is 19.4. The highest BCUT2D eigenvalue weighted by Crippen LogP contribution is 2.24. The molecule has 0 amide bonds. The molecule has 0 bridgehead atoms. The highest BCUT2D eigenvalue weighted by molar-refractivity contribution is 5.57. The third-order valence-corrected chi connectivity index (χ3v) is 2.22. The number of alkyl halides is 3. The van der Waals surface area contributed by atoms with Gasteiger partial charge < -0.3 is 4.90 Å². The van der Waals surface area contributed by atoms with E-state index in [0.29, 0.717) is 11.3 Å². The second-order valence-corrected chi connectivity index (χ2v) is 3.86. The molecule has 0 radical (unpaired) electrons. The molecule has 0 aliphatic carbocycles. The normalized spacial score (nSPS) is 11.1. The van der Waals surface area contributed by atoms with Crippen LogP contribution in [0.4, 0.5) is 19.0 Å². The fraction of sp³-hybridized carbons (Fsp3) is 0.455. The summed E-state index contributed by atoms with van der Waals surface area (Å²) in [5.74, 6) is 0.0716. The van der Waals surface area contributed by atoms with Crippen LogP contribution in [0.1, 0.15) is 16.8 Å². The summed E-state index contributed by atoms with van der Waals surface area (Å²) >= 11 is 0. The predicted molar refractivity (Wildman–Crippen MR) is 57.8 cm³/mol. The van der Waals surface area contributed by atoms with Crippen molar-refractivity contribution in [3.8, 4) is 6.07 Å². The summed E-state index contributed by atoms with van der Waals surface area (Å²) in [4.78, 5) is 4.94. The van der Waals surface area contributed by atoms with Gasteiger partial charge in [-0.3, -0.25) is 0 Å². The SMILES string of the molecule is Cc1cc(C)c(C#N)c(N(C)CC(F)(F)F)n1. The number of aromatic nitrogens is 1. The van der Waals surface area contributed by atoms with Crippen LogP contribution < -0.4 is 4.90 Å². The molecule has 0 spiro atoms. The topological polar surface area (TPSA) is 39.9 Å². The Kier molecular flexibility index (Phi) is 3.61. The zero-order valence-corrected chi connectivity index (χ0v) is 9.76. The van der Waals surface area contributed by atoms with E-state index in [-0.39, 0.29) is 11.4 Å². The van der Waals surface area contributed by atoms with Gasteiger partial charge in [0, 0.05) is 12.7 Å². The zero-order chi connectivity index (χ0) is 13.2. The Hall–Kier alpha value is -1.77. The van der Waals surface area contributed by atoms with Crippen LogP contribution in [0, 0.1) is 25.2 Å². The van der Waals surface area contributed by atoms with E-state index < -0.39 is 12.7 Å². The third kappa shape index (κ3) is 3.34. The van der Waals surface area contributed by atoms with Crippen molar-refractivity contribution >= 4 is 5.82 Å². The number of rotatable bonds is 2. The molecule has 6 heteroatoms. The van der Waals surface area contributed by atoms with Crippen molar-refractivity contribution in [1.82, 2.24) is 4.98 Å². The molecule has 0 atom stereocenters. The van der Waals surface area contributed by atoms with Crippen LogP contribution in [0.2, 0.25) is 0 Å². The highest BCUT2D eigenvalue weighted by Gasteiger charge is 2.30. The maximum Gasteiger partial charge on any atom is 0.405 e. The molecule has 1 aromatic heterocycles. The third-order valence-electron chi connectivity index (χ3n) is 2.22. The Balaban J connectivity index is 3.17. The Morgan fingerprint density at radius 1 is 1.41 bits per heavy atom. The Morgan fingerprint density at radius 2 is 2.00 bits per heavy atom. The average molecular weight is 243 g/mol. The Bertz CT molecular complexity index is 460. The molecule has 1 heterocycles. The molecule has 3 nitrogen and oxygen atoms in total. The summed E-state index contributed by atoms with van der Waals surface area (Å²) in [7, 11) is 1.27. The van der Waals surface area contributed by atoms with Crippen molar-refractivity contribution in [2.45, 2.75) is 20.0 Å². The van der Waals surface area contributed by atoms with E-state index in [1.807, 2.05) is 6.07 Å². The molecule has 1 rings (SSSR count). The maximum absolute atomic E-state index is 12.3. The van der Waals surface area contributed by atoms with Gasteiger partial charge in [0.2, 0.25) is 0 Å². The smallest absolute Gasteiger partial charge is 0.349 e.